The van der Waals surface area contributed by atoms with Gasteiger partial charge in [-0.3, -0.25) is 4.91 Å². The zero-order valence-electron chi connectivity index (χ0n) is 8.52. The second-order valence-electron chi connectivity index (χ2n) is 0.458. The molecule has 0 aromatic rings. The summed E-state index contributed by atoms with van der Waals surface area (Å²) in [5.74, 6) is 0. The molecular weight excluding hydrogens is 363 g/mol. The van der Waals surface area contributed by atoms with Crippen molar-refractivity contribution in [1.82, 2.24) is 0 Å². The Labute approximate surface area is 257 Å². The molecule has 0 aliphatic carbocycles. The van der Waals surface area contributed by atoms with Crippen LogP contribution in [-0.4, -0.2) is 33.1 Å². The van der Waals surface area contributed by atoms with E-state index in [1.54, 1.807) is 0 Å². The second-order valence-corrected chi connectivity index (χ2v) is 1.58. The largest absolute Gasteiger partial charge is 1.00 e. The van der Waals surface area contributed by atoms with Gasteiger partial charge in [-0.15, -0.1) is 0 Å². The maximum atomic E-state index is 7.31. The zero-order chi connectivity index (χ0) is 8.99. The van der Waals surface area contributed by atoms with Gasteiger partial charge < -0.3 is 16.2 Å². The number of nitriles is 1. The van der Waals surface area contributed by atoms with Gasteiger partial charge >= 0.3 is 234 Å². The summed E-state index contributed by atoms with van der Waals surface area (Å²) in [5.41, 5.74) is 13.5. The van der Waals surface area contributed by atoms with E-state index in [-0.39, 0.29) is 206 Å². The number of aliphatic hydroxyl groups is 1. The molecule has 0 fully saturated rings. The van der Waals surface area contributed by atoms with E-state index < -0.39 is 15.7 Å². The van der Waals surface area contributed by atoms with E-state index >= 15 is 0 Å². The third-order valence-electron chi connectivity index (χ3n) is 0. The first kappa shape index (κ1) is 42.7. The Morgan fingerprint density at radius 3 is 1.00 bits per heavy atom. The molecule has 0 aromatic heterocycles. The Kier molecular flexibility index (Phi) is 156. The minimum absolute atomic E-state index is 0. The van der Waals surface area contributed by atoms with Crippen molar-refractivity contribution in [3.05, 3.63) is 16.0 Å². The fraction of sp³-hybridized carbons (Fsp3) is 0. The van der Waals surface area contributed by atoms with E-state index in [1.165, 1.54) is 4.91 Å². The van der Waals surface area contributed by atoms with E-state index in [0.717, 1.165) is 6.26 Å². The molecule has 4 N–H and O–H groups in total. The SMILES string of the molecule is N#CO.O[As](O)O.[K+].[K+].[K+].[K+].[N-]=[N+]=[N-]. The van der Waals surface area contributed by atoms with Crippen molar-refractivity contribution in [2.75, 3.05) is 0 Å². The van der Waals surface area contributed by atoms with Crippen LogP contribution >= 0.6 is 0 Å². The van der Waals surface area contributed by atoms with Gasteiger partial charge in [0.25, 0.3) is 6.26 Å². The van der Waals surface area contributed by atoms with Crippen LogP contribution in [0.1, 0.15) is 0 Å². The van der Waals surface area contributed by atoms with Crippen LogP contribution in [0.5, 0.6) is 0 Å². The zero-order valence-corrected chi connectivity index (χ0v) is 22.9. The molecule has 58 valence electrons. The van der Waals surface area contributed by atoms with Gasteiger partial charge in [-0.2, -0.15) is 5.26 Å². The van der Waals surface area contributed by atoms with Crippen molar-refractivity contribution >= 4 is 15.7 Å². The molecule has 0 aliphatic heterocycles. The second kappa shape index (κ2) is 51.3. The van der Waals surface area contributed by atoms with Crippen LogP contribution < -0.4 is 206 Å². The van der Waals surface area contributed by atoms with Gasteiger partial charge in [0.2, 0.25) is 0 Å². The van der Waals surface area contributed by atoms with E-state index in [0.29, 0.717) is 0 Å². The fourth-order valence-electron chi connectivity index (χ4n) is 0. The molecule has 0 atom stereocenters. The quantitative estimate of drug-likeness (QED) is 0.110. The molecule has 13 heteroatoms. The molecule has 0 aromatic carbocycles. The number of aliphatic hydroxyl groups excluding tert-OH is 1. The molecule has 0 saturated carbocycles. The van der Waals surface area contributed by atoms with Gasteiger partial charge in [0.15, 0.2) is 0 Å². The first-order valence-electron chi connectivity index (χ1n) is 1.45. The summed E-state index contributed by atoms with van der Waals surface area (Å²) in [6, 6.07) is 0. The predicted octanol–water partition coefficient (Wildman–Crippen LogP) is -13.3. The number of nitrogens with zero attached hydrogens (tertiary/aromatic N) is 4. The molecule has 0 spiro atoms. The van der Waals surface area contributed by atoms with Crippen molar-refractivity contribution < 1.29 is 223 Å². The summed E-state index contributed by atoms with van der Waals surface area (Å²) in [4.78, 5) is 1.50. The van der Waals surface area contributed by atoms with Gasteiger partial charge in [0.1, 0.15) is 0 Å². The van der Waals surface area contributed by atoms with Crippen LogP contribution in [0.25, 0.3) is 16.0 Å². The van der Waals surface area contributed by atoms with Crippen molar-refractivity contribution in [1.29, 1.82) is 5.26 Å². The molecular formula is CH4AsK4N4O4+3. The van der Waals surface area contributed by atoms with Crippen LogP contribution in [0.2, 0.25) is 0 Å². The van der Waals surface area contributed by atoms with Gasteiger partial charge in [-0.25, -0.2) is 0 Å². The number of hydrogen-bond acceptors (Lipinski definition) is 5. The van der Waals surface area contributed by atoms with Gasteiger partial charge in [0, 0.05) is 0 Å². The topological polar surface area (TPSA) is 163 Å². The summed E-state index contributed by atoms with van der Waals surface area (Å²) in [6.07, 6.45) is 0.750. The van der Waals surface area contributed by atoms with Crippen LogP contribution in [0.3, 0.4) is 0 Å². The third-order valence-corrected chi connectivity index (χ3v) is 0. The molecule has 0 rings (SSSR count). The fourth-order valence-corrected chi connectivity index (χ4v) is 0. The van der Waals surface area contributed by atoms with Crippen molar-refractivity contribution in [2.24, 2.45) is 0 Å². The Morgan fingerprint density at radius 2 is 1.00 bits per heavy atom. The van der Waals surface area contributed by atoms with Crippen molar-refractivity contribution in [3.8, 4) is 6.26 Å². The summed E-state index contributed by atoms with van der Waals surface area (Å²) >= 11 is -3.19. The Hall–Kier alpha value is 5.58. The summed E-state index contributed by atoms with van der Waals surface area (Å²) in [6.45, 7) is 0. The first-order chi connectivity index (χ1) is 4.56. The van der Waals surface area contributed by atoms with E-state index in [1.807, 2.05) is 0 Å². The molecule has 0 radical (unpaired) electrons. The van der Waals surface area contributed by atoms with Gasteiger partial charge in [0.05, 0.1) is 0 Å². The van der Waals surface area contributed by atoms with E-state index in [2.05, 4.69) is 0 Å². The van der Waals surface area contributed by atoms with Crippen molar-refractivity contribution in [3.63, 3.8) is 0 Å². The molecule has 8 nitrogen and oxygen atoms in total. The van der Waals surface area contributed by atoms with Crippen LogP contribution in [0.4, 0.5) is 0 Å². The number of rotatable bonds is 0. The molecule has 0 aliphatic rings. The first-order valence-corrected chi connectivity index (χ1v) is 3.96. The Bertz CT molecular complexity index is 122. The van der Waals surface area contributed by atoms with Gasteiger partial charge in [-0.1, -0.05) is 0 Å². The molecule has 0 bridgehead atoms. The van der Waals surface area contributed by atoms with Crippen LogP contribution in [-0.2, 0) is 0 Å². The maximum absolute atomic E-state index is 7.31. The molecule has 0 amide bonds. The average Bonchev–Trinajstić information content (AvgIpc) is 1.65. The minimum atomic E-state index is -3.19. The third kappa shape index (κ3) is 155. The standard InChI is InChI=1S/CHNO.AsH3O3.4K.N3/c2-1-3;2-1(3)4;;;;;1-3-2/h3H;2-4H;;;;;/q;;4*+1;-1. The molecule has 14 heavy (non-hydrogen) atoms. The van der Waals surface area contributed by atoms with E-state index in [4.69, 9.17) is 33.7 Å². The summed E-state index contributed by atoms with van der Waals surface area (Å²) in [5, 5.41) is 13.8. The average molecular weight is 367 g/mol. The Balaban J connectivity index is -0.00000000929. The minimum Gasteiger partial charge on any atom is -0.373 e. The maximum Gasteiger partial charge on any atom is 1.00 e. The predicted molar refractivity (Wildman–Crippen MR) is 30.0 cm³/mol. The smallest absolute Gasteiger partial charge is 0.373 e. The molecule has 0 unspecified atom stereocenters. The summed E-state index contributed by atoms with van der Waals surface area (Å²) in [7, 11) is 0. The summed E-state index contributed by atoms with van der Waals surface area (Å²) < 4.78 is 21.9. The van der Waals surface area contributed by atoms with Crippen molar-refractivity contribution in [2.45, 2.75) is 0 Å². The van der Waals surface area contributed by atoms with Gasteiger partial charge in [-0.05, 0) is 0 Å². The monoisotopic (exact) mass is 367 g/mol. The van der Waals surface area contributed by atoms with Crippen LogP contribution in [0, 0.1) is 11.5 Å². The molecule has 0 saturated heterocycles. The number of hydrogen-bond donors (Lipinski definition) is 4. The Morgan fingerprint density at radius 1 is 1.00 bits per heavy atom. The van der Waals surface area contributed by atoms with Crippen LogP contribution in [0.15, 0.2) is 0 Å². The normalized spacial score (nSPS) is 3.64. The molecule has 0 heterocycles. The van der Waals surface area contributed by atoms with E-state index in [9.17, 15) is 0 Å².